The number of rotatable bonds is 1. The maximum atomic E-state index is 11.6. The van der Waals surface area contributed by atoms with Crippen molar-refractivity contribution < 1.29 is 26.1 Å². The second-order valence-corrected chi connectivity index (χ2v) is 5.44. The Morgan fingerprint density at radius 1 is 1.73 bits per heavy atom. The summed E-state index contributed by atoms with van der Waals surface area (Å²) in [6.07, 6.45) is 4.58. The van der Waals surface area contributed by atoms with E-state index in [1.807, 2.05) is 35.3 Å². The molecule has 0 saturated carbocycles. The lowest BCUT2D eigenvalue weighted by molar-refractivity contribution is -0.650. The molecule has 0 fully saturated rings. The average molecular weight is 237 g/mol. The third-order valence-corrected chi connectivity index (χ3v) is 4.84. The zero-order valence-corrected chi connectivity index (χ0v) is 8.97. The summed E-state index contributed by atoms with van der Waals surface area (Å²) in [4.78, 5) is 0. The Bertz CT molecular complexity index is 333. The molecule has 3 nitrogen and oxygen atoms in total. The van der Waals surface area contributed by atoms with E-state index in [4.69, 9.17) is 0 Å². The zero-order valence-electron chi connectivity index (χ0n) is 6.49. The van der Waals surface area contributed by atoms with Gasteiger partial charge < -0.3 is 17.0 Å². The summed E-state index contributed by atoms with van der Waals surface area (Å²) < 4.78 is 15.5. The molecule has 1 aliphatic rings. The molecule has 2 heterocycles. The van der Waals surface area contributed by atoms with Gasteiger partial charge in [0.1, 0.15) is 12.4 Å². The molecule has 0 radical (unpaired) electrons. The number of nitrogens with zero attached hydrogens (tertiary/aromatic N) is 2. The first-order chi connectivity index (χ1) is 4.70. The molecule has 0 spiro atoms. The van der Waals surface area contributed by atoms with Crippen molar-refractivity contribution in [2.45, 2.75) is 6.92 Å². The van der Waals surface area contributed by atoms with Gasteiger partial charge in [0.05, 0.1) is 7.05 Å². The van der Waals surface area contributed by atoms with E-state index in [1.165, 1.54) is 0 Å². The molecule has 0 amide bonds. The fraction of sp³-hybridized carbons (Fsp3) is 0.500. The van der Waals surface area contributed by atoms with Crippen molar-refractivity contribution in [3.8, 4) is 0 Å². The van der Waals surface area contributed by atoms with Gasteiger partial charge >= 0.3 is 12.9 Å². The number of hydrogen-bond donors (Lipinski definition) is 0. The Morgan fingerprint density at radius 2 is 2.36 bits per heavy atom. The van der Waals surface area contributed by atoms with Gasteiger partial charge in [-0.2, -0.15) is 4.34 Å². The summed E-state index contributed by atoms with van der Waals surface area (Å²) in [5, 5.41) is 0. The first kappa shape index (κ1) is 9.01. The lowest BCUT2D eigenvalue weighted by atomic mass is 10.9. The van der Waals surface area contributed by atoms with Crippen LogP contribution in [0, 0.1) is 0 Å². The minimum Gasteiger partial charge on any atom is -1.00 e. The number of aryl methyl sites for hydroxylation is 1. The van der Waals surface area contributed by atoms with Crippen LogP contribution in [0.4, 0.5) is 0 Å². The number of hydrogen-bond acceptors (Lipinski definition) is 1. The van der Waals surface area contributed by atoms with Gasteiger partial charge in [0.25, 0.3) is 0 Å². The average Bonchev–Trinajstić information content (AvgIpc) is 2.28. The minimum atomic E-state index is -1.98. The molecule has 1 aliphatic heterocycles. The number of aromatic nitrogens is 2. The monoisotopic (exact) mass is 236 g/mol. The zero-order chi connectivity index (χ0) is 7.35. The van der Waals surface area contributed by atoms with E-state index in [1.54, 1.807) is 0 Å². The Labute approximate surface area is 76.2 Å². The summed E-state index contributed by atoms with van der Waals surface area (Å²) in [6.45, 7) is 1.97. The minimum absolute atomic E-state index is 0. The molecule has 1 unspecified atom stereocenters. The quantitative estimate of drug-likeness (QED) is 0.380. The molecule has 1 aromatic heterocycles. The second-order valence-electron chi connectivity index (χ2n) is 2.57. The third kappa shape index (κ3) is 0.926. The fourth-order valence-corrected chi connectivity index (χ4v) is 3.75. The van der Waals surface area contributed by atoms with Gasteiger partial charge in [0.2, 0.25) is 0 Å². The molecule has 0 bridgehead atoms. The first-order valence-corrected chi connectivity index (χ1v) is 5.22. The molecule has 5 heteroatoms. The van der Waals surface area contributed by atoms with Crippen LogP contribution in [0.1, 0.15) is 6.92 Å². The molecule has 2 rings (SSSR count). The van der Waals surface area contributed by atoms with Crippen molar-refractivity contribution in [3.05, 3.63) is 12.4 Å². The summed E-state index contributed by atoms with van der Waals surface area (Å²) in [5.74, 6) is 0. The van der Waals surface area contributed by atoms with Crippen molar-refractivity contribution in [2.75, 3.05) is 6.16 Å². The van der Waals surface area contributed by atoms with Crippen LogP contribution >= 0.6 is 7.29 Å². The third-order valence-electron chi connectivity index (χ3n) is 2.00. The van der Waals surface area contributed by atoms with Crippen LogP contribution < -0.4 is 27.1 Å². The number of imidazole rings is 1. The Balaban J connectivity index is 0.000000605. The summed E-state index contributed by atoms with van der Waals surface area (Å²) in [6, 6.07) is 0. The van der Waals surface area contributed by atoms with Crippen molar-refractivity contribution in [1.82, 2.24) is 4.34 Å². The molecular weight excluding hydrogens is 227 g/mol. The lowest BCUT2D eigenvalue weighted by Crippen LogP contribution is -3.00. The SMILES string of the molecule is CCP1(=O)c2n1cc[n+]2C.[Br-]. The van der Waals surface area contributed by atoms with E-state index in [2.05, 4.69) is 0 Å². The molecule has 11 heavy (non-hydrogen) atoms. The molecule has 0 aliphatic carbocycles. The van der Waals surface area contributed by atoms with Gasteiger partial charge in [0, 0.05) is 6.16 Å². The van der Waals surface area contributed by atoms with Crippen LogP contribution in [0.2, 0.25) is 0 Å². The Kier molecular flexibility index (Phi) is 2.01. The smallest absolute Gasteiger partial charge is 0.363 e. The predicted octanol–water partition coefficient (Wildman–Crippen LogP) is -2.90. The van der Waals surface area contributed by atoms with Gasteiger partial charge in [-0.1, -0.05) is 6.92 Å². The van der Waals surface area contributed by atoms with Gasteiger partial charge in [0.15, 0.2) is 0 Å². The summed E-state index contributed by atoms with van der Waals surface area (Å²) >= 11 is 0. The van der Waals surface area contributed by atoms with E-state index in [-0.39, 0.29) is 17.0 Å². The normalized spacial score (nSPS) is 25.6. The predicted molar refractivity (Wildman–Crippen MR) is 38.8 cm³/mol. The van der Waals surface area contributed by atoms with Gasteiger partial charge in [-0.25, -0.2) is 4.57 Å². The molecule has 0 N–H and O–H groups in total. The van der Waals surface area contributed by atoms with Crippen LogP contribution in [0.15, 0.2) is 12.4 Å². The number of halogens is 1. The van der Waals surface area contributed by atoms with E-state index in [0.29, 0.717) is 0 Å². The van der Waals surface area contributed by atoms with Crippen LogP contribution in [0.3, 0.4) is 0 Å². The molecular formula is C6H10BrN2OP. The highest BCUT2D eigenvalue weighted by molar-refractivity contribution is 7.76. The van der Waals surface area contributed by atoms with E-state index in [0.717, 1.165) is 11.7 Å². The van der Waals surface area contributed by atoms with E-state index in [9.17, 15) is 4.57 Å². The van der Waals surface area contributed by atoms with Gasteiger partial charge in [-0.05, 0) is 0 Å². The first-order valence-electron chi connectivity index (χ1n) is 3.37. The Hall–Kier alpha value is -0.0800. The fourth-order valence-electron chi connectivity index (χ4n) is 1.34. The van der Waals surface area contributed by atoms with Crippen LogP contribution in [-0.4, -0.2) is 10.5 Å². The molecule has 0 aromatic carbocycles. The topological polar surface area (TPSA) is 25.9 Å². The maximum absolute atomic E-state index is 11.6. The molecule has 0 saturated heterocycles. The van der Waals surface area contributed by atoms with Crippen molar-refractivity contribution in [3.63, 3.8) is 0 Å². The highest BCUT2D eigenvalue weighted by atomic mass is 79.9. The summed E-state index contributed by atoms with van der Waals surface area (Å²) in [7, 11) is -0.0463. The lowest BCUT2D eigenvalue weighted by Gasteiger charge is -1.83. The van der Waals surface area contributed by atoms with Crippen molar-refractivity contribution >= 4 is 12.9 Å². The molecule has 1 aromatic rings. The van der Waals surface area contributed by atoms with Gasteiger partial charge in [-0.15, -0.1) is 0 Å². The van der Waals surface area contributed by atoms with Crippen molar-refractivity contribution in [1.29, 1.82) is 0 Å². The van der Waals surface area contributed by atoms with Crippen LogP contribution in [-0.2, 0) is 11.6 Å². The standard InChI is InChI=1S/C6H10N2OP.BrH/c1-3-10(9)6-7(2)4-5-8(6)10;/h4-5H,3H2,1-2H3;1H/q+1;/p-1. The highest BCUT2D eigenvalue weighted by Gasteiger charge is 2.57. The molecule has 62 valence electrons. The second kappa shape index (κ2) is 2.46. The highest BCUT2D eigenvalue weighted by Crippen LogP contribution is 2.55. The van der Waals surface area contributed by atoms with E-state index < -0.39 is 7.29 Å². The largest absolute Gasteiger partial charge is 1.00 e. The Morgan fingerprint density at radius 3 is 2.64 bits per heavy atom. The van der Waals surface area contributed by atoms with Crippen LogP contribution in [0.5, 0.6) is 0 Å². The summed E-state index contributed by atoms with van der Waals surface area (Å²) in [5.41, 5.74) is 1.01. The van der Waals surface area contributed by atoms with Crippen molar-refractivity contribution in [2.24, 2.45) is 7.05 Å². The van der Waals surface area contributed by atoms with Gasteiger partial charge in [-0.3, -0.25) is 4.57 Å². The number of fused-ring (bicyclic) bond motifs is 1. The maximum Gasteiger partial charge on any atom is 0.363 e. The van der Waals surface area contributed by atoms with E-state index >= 15 is 0 Å². The molecule has 1 atom stereocenters. The van der Waals surface area contributed by atoms with Crippen LogP contribution in [0.25, 0.3) is 0 Å².